The summed E-state index contributed by atoms with van der Waals surface area (Å²) in [6.07, 6.45) is 2.52. The van der Waals surface area contributed by atoms with Crippen molar-refractivity contribution in [1.29, 1.82) is 0 Å². The van der Waals surface area contributed by atoms with Crippen LogP contribution in [0.5, 0.6) is 0 Å². The summed E-state index contributed by atoms with van der Waals surface area (Å²) in [7, 11) is -4.64. The maximum Gasteiger partial charge on any atom is 0.289 e. The molecule has 2 aromatic rings. The smallest absolute Gasteiger partial charge is 0.289 e. The lowest BCUT2D eigenvalue weighted by atomic mass is 10.3. The third kappa shape index (κ3) is 3.49. The minimum absolute atomic E-state index is 0.0146. The first-order valence-corrected chi connectivity index (χ1v) is 6.68. The molecule has 9 heteroatoms. The van der Waals surface area contributed by atoms with Crippen molar-refractivity contribution < 1.29 is 22.2 Å². The fraction of sp³-hybridized carbons (Fsp3) is 0. The summed E-state index contributed by atoms with van der Waals surface area (Å²) in [5.41, 5.74) is 2.35. The van der Waals surface area contributed by atoms with Gasteiger partial charge in [-0.3, -0.25) is 9.78 Å². The van der Waals surface area contributed by atoms with Gasteiger partial charge in [-0.1, -0.05) is 6.07 Å². The Balaban J connectivity index is 2.01. The molecule has 2 aromatic heterocycles. The van der Waals surface area contributed by atoms with E-state index in [0.29, 0.717) is 0 Å². The number of hydrogen-bond acceptors (Lipinski definition) is 7. The first kappa shape index (κ1) is 13.9. The molecule has 0 aliphatic carbocycles. The summed E-state index contributed by atoms with van der Waals surface area (Å²) in [6, 6.07) is 7.04. The van der Waals surface area contributed by atoms with Gasteiger partial charge in [0.1, 0.15) is 11.5 Å². The summed E-state index contributed by atoms with van der Waals surface area (Å²) >= 11 is 0. The van der Waals surface area contributed by atoms with Crippen LogP contribution >= 0.6 is 0 Å². The molecule has 0 fully saturated rings. The first-order valence-electron chi connectivity index (χ1n) is 5.27. The predicted molar refractivity (Wildman–Crippen MR) is 66.0 cm³/mol. The van der Waals surface area contributed by atoms with Gasteiger partial charge in [-0.25, -0.2) is 13.8 Å². The van der Waals surface area contributed by atoms with Gasteiger partial charge in [0.05, 0.1) is 6.21 Å². The van der Waals surface area contributed by atoms with Crippen molar-refractivity contribution in [2.24, 2.45) is 5.10 Å². The second kappa shape index (κ2) is 5.63. The topological polar surface area (TPSA) is 125 Å². The molecule has 0 saturated heterocycles. The van der Waals surface area contributed by atoms with Crippen LogP contribution in [0.4, 0.5) is 0 Å². The van der Waals surface area contributed by atoms with E-state index in [2.05, 4.69) is 15.5 Å². The number of carbonyl (C=O) groups is 1. The second-order valence-electron chi connectivity index (χ2n) is 3.53. The SMILES string of the molecule is O=C(NN=Cc1ccc(S(=O)(=O)[O-])o1)c1ccccn1. The van der Waals surface area contributed by atoms with Gasteiger partial charge in [0.2, 0.25) is 5.09 Å². The molecule has 0 unspecified atom stereocenters. The van der Waals surface area contributed by atoms with E-state index in [1.54, 1.807) is 12.1 Å². The molecule has 0 atom stereocenters. The number of hydrogen-bond donors (Lipinski definition) is 1. The lowest BCUT2D eigenvalue weighted by Gasteiger charge is -2.00. The Morgan fingerprint density at radius 2 is 2.15 bits per heavy atom. The van der Waals surface area contributed by atoms with Crippen LogP contribution in [0.2, 0.25) is 0 Å². The van der Waals surface area contributed by atoms with Crippen LogP contribution in [0, 0.1) is 0 Å². The van der Waals surface area contributed by atoms with Gasteiger partial charge in [0, 0.05) is 6.20 Å². The molecule has 0 spiro atoms. The summed E-state index contributed by atoms with van der Waals surface area (Å²) in [5.74, 6) is -0.522. The molecule has 20 heavy (non-hydrogen) atoms. The van der Waals surface area contributed by atoms with Crippen molar-refractivity contribution in [3.63, 3.8) is 0 Å². The average molecular weight is 294 g/mol. The van der Waals surface area contributed by atoms with E-state index in [1.165, 1.54) is 18.3 Å². The Kier molecular flexibility index (Phi) is 3.91. The molecule has 1 N–H and O–H groups in total. The van der Waals surface area contributed by atoms with E-state index in [9.17, 15) is 17.8 Å². The number of furan rings is 1. The van der Waals surface area contributed by atoms with Crippen LogP contribution in [0.25, 0.3) is 0 Å². The first-order chi connectivity index (χ1) is 9.47. The van der Waals surface area contributed by atoms with Crippen molar-refractivity contribution >= 4 is 22.2 Å². The van der Waals surface area contributed by atoms with E-state index in [0.717, 1.165) is 12.3 Å². The Hall–Kier alpha value is -2.52. The van der Waals surface area contributed by atoms with E-state index in [4.69, 9.17) is 4.42 Å². The molecular weight excluding hydrogens is 286 g/mol. The zero-order chi connectivity index (χ0) is 14.6. The molecular formula is C11H8N3O5S-. The van der Waals surface area contributed by atoms with Crippen LogP contribution < -0.4 is 5.43 Å². The summed E-state index contributed by atoms with van der Waals surface area (Å²) in [5, 5.41) is 2.85. The average Bonchev–Trinajstić information content (AvgIpc) is 2.88. The maximum absolute atomic E-state index is 11.5. The zero-order valence-corrected chi connectivity index (χ0v) is 10.7. The van der Waals surface area contributed by atoms with E-state index in [1.807, 2.05) is 0 Å². The van der Waals surface area contributed by atoms with Gasteiger partial charge in [0.15, 0.2) is 10.1 Å². The Morgan fingerprint density at radius 1 is 1.35 bits per heavy atom. The summed E-state index contributed by atoms with van der Waals surface area (Å²) < 4.78 is 36.6. The van der Waals surface area contributed by atoms with Crippen molar-refractivity contribution in [3.05, 3.63) is 48.0 Å². The predicted octanol–water partition coefficient (Wildman–Crippen LogP) is 0.343. The maximum atomic E-state index is 11.5. The third-order valence-electron chi connectivity index (χ3n) is 2.10. The van der Waals surface area contributed by atoms with Crippen molar-refractivity contribution in [2.75, 3.05) is 0 Å². The van der Waals surface area contributed by atoms with Crippen LogP contribution in [-0.4, -0.2) is 30.1 Å². The Bertz CT molecular complexity index is 736. The Labute approximate surface area is 113 Å². The largest absolute Gasteiger partial charge is 0.742 e. The number of nitrogens with one attached hydrogen (secondary N) is 1. The van der Waals surface area contributed by atoms with E-state index >= 15 is 0 Å². The number of nitrogens with zero attached hydrogens (tertiary/aromatic N) is 2. The minimum atomic E-state index is -4.64. The molecule has 2 rings (SSSR count). The monoisotopic (exact) mass is 294 g/mol. The molecule has 8 nitrogen and oxygen atoms in total. The Morgan fingerprint density at radius 3 is 2.75 bits per heavy atom. The lowest BCUT2D eigenvalue weighted by Crippen LogP contribution is -2.18. The number of hydrazone groups is 1. The van der Waals surface area contributed by atoms with Crippen LogP contribution in [-0.2, 0) is 10.1 Å². The van der Waals surface area contributed by atoms with Gasteiger partial charge in [-0.2, -0.15) is 5.10 Å². The van der Waals surface area contributed by atoms with Gasteiger partial charge in [-0.05, 0) is 24.3 Å². The van der Waals surface area contributed by atoms with Gasteiger partial charge < -0.3 is 8.97 Å². The summed E-state index contributed by atoms with van der Waals surface area (Å²) in [6.45, 7) is 0. The lowest BCUT2D eigenvalue weighted by molar-refractivity contribution is 0.0950. The van der Waals surface area contributed by atoms with Crippen molar-refractivity contribution in [2.45, 2.75) is 5.09 Å². The molecule has 0 aliphatic rings. The second-order valence-corrected chi connectivity index (χ2v) is 4.84. The van der Waals surface area contributed by atoms with Crippen LogP contribution in [0.3, 0.4) is 0 Å². The normalized spacial score (nSPS) is 11.7. The number of aromatic nitrogens is 1. The highest BCUT2D eigenvalue weighted by molar-refractivity contribution is 7.85. The van der Waals surface area contributed by atoms with Gasteiger partial charge in [0.25, 0.3) is 5.91 Å². The highest BCUT2D eigenvalue weighted by Crippen LogP contribution is 2.11. The highest BCUT2D eigenvalue weighted by atomic mass is 32.2. The van der Waals surface area contributed by atoms with Crippen LogP contribution in [0.15, 0.2) is 51.1 Å². The number of rotatable bonds is 4. The fourth-order valence-corrected chi connectivity index (χ4v) is 1.68. The fourth-order valence-electron chi connectivity index (χ4n) is 1.25. The zero-order valence-electron chi connectivity index (χ0n) is 9.89. The van der Waals surface area contributed by atoms with Gasteiger partial charge in [-0.15, -0.1) is 0 Å². The highest BCUT2D eigenvalue weighted by Gasteiger charge is 2.07. The molecule has 0 radical (unpaired) electrons. The molecule has 0 aromatic carbocycles. The van der Waals surface area contributed by atoms with Gasteiger partial charge >= 0.3 is 0 Å². The van der Waals surface area contributed by atoms with E-state index in [-0.39, 0.29) is 11.5 Å². The number of amides is 1. The van der Waals surface area contributed by atoms with Crippen molar-refractivity contribution in [1.82, 2.24) is 10.4 Å². The molecule has 0 saturated carbocycles. The van der Waals surface area contributed by atoms with Crippen LogP contribution in [0.1, 0.15) is 16.2 Å². The molecule has 0 bridgehead atoms. The molecule has 1 amide bonds. The molecule has 0 aliphatic heterocycles. The standard InChI is InChI=1S/C11H9N3O5S/c15-11(9-3-1-2-6-12-9)14-13-7-8-4-5-10(19-8)20(16,17)18/h1-7H,(H,14,15)(H,16,17,18)/p-1. The van der Waals surface area contributed by atoms with E-state index < -0.39 is 21.1 Å². The number of pyridine rings is 1. The quantitative estimate of drug-likeness (QED) is 0.492. The molecule has 2 heterocycles. The number of carbonyl (C=O) groups excluding carboxylic acids is 1. The summed E-state index contributed by atoms with van der Waals surface area (Å²) in [4.78, 5) is 15.3. The third-order valence-corrected chi connectivity index (χ3v) is 2.82. The van der Waals surface area contributed by atoms with Crippen molar-refractivity contribution in [3.8, 4) is 0 Å². The minimum Gasteiger partial charge on any atom is -0.742 e. The molecule has 104 valence electrons.